The smallest absolute Gasteiger partial charge is 0.237 e. The van der Waals surface area contributed by atoms with E-state index in [2.05, 4.69) is 0 Å². The van der Waals surface area contributed by atoms with Crippen molar-refractivity contribution >= 4 is 31.5 Å². The Bertz CT molecular complexity index is 485. The van der Waals surface area contributed by atoms with Gasteiger partial charge in [0.2, 0.25) is 20.9 Å². The van der Waals surface area contributed by atoms with Gasteiger partial charge in [0.05, 0.1) is 0 Å². The molecule has 0 bridgehead atoms. The summed E-state index contributed by atoms with van der Waals surface area (Å²) in [4.78, 5) is 26.4. The van der Waals surface area contributed by atoms with Gasteiger partial charge in [0.1, 0.15) is 5.25 Å². The SMILES string of the molecule is CC(=O)N1CCC(N2CC(S(=O)(=O)Cl)CC2=O)CC1. The number of amides is 2. The molecule has 0 aromatic carbocycles. The predicted octanol–water partition coefficient (Wildman–Crippen LogP) is 0.167. The maximum Gasteiger partial charge on any atom is 0.237 e. The zero-order chi connectivity index (χ0) is 14.2. The van der Waals surface area contributed by atoms with Crippen LogP contribution < -0.4 is 0 Å². The Morgan fingerprint density at radius 3 is 2.32 bits per heavy atom. The second kappa shape index (κ2) is 5.28. The van der Waals surface area contributed by atoms with Gasteiger partial charge >= 0.3 is 0 Å². The molecule has 6 nitrogen and oxygen atoms in total. The third-order valence-electron chi connectivity index (χ3n) is 3.87. The minimum atomic E-state index is -3.69. The molecule has 0 radical (unpaired) electrons. The summed E-state index contributed by atoms with van der Waals surface area (Å²) in [5.41, 5.74) is 0. The highest BCUT2D eigenvalue weighted by molar-refractivity contribution is 8.14. The third-order valence-corrected chi connectivity index (χ3v) is 5.74. The van der Waals surface area contributed by atoms with E-state index >= 15 is 0 Å². The van der Waals surface area contributed by atoms with E-state index in [9.17, 15) is 18.0 Å². The zero-order valence-corrected chi connectivity index (χ0v) is 12.3. The Kier molecular flexibility index (Phi) is 4.06. The fourth-order valence-electron chi connectivity index (χ4n) is 2.73. The van der Waals surface area contributed by atoms with Crippen LogP contribution in [0.2, 0.25) is 0 Å². The van der Waals surface area contributed by atoms with Crippen molar-refractivity contribution in [2.24, 2.45) is 0 Å². The molecule has 19 heavy (non-hydrogen) atoms. The molecule has 108 valence electrons. The van der Waals surface area contributed by atoms with E-state index in [1.807, 2.05) is 0 Å². The fourth-order valence-corrected chi connectivity index (χ4v) is 3.77. The van der Waals surface area contributed by atoms with Gasteiger partial charge in [-0.05, 0) is 12.8 Å². The Labute approximate surface area is 117 Å². The van der Waals surface area contributed by atoms with Crippen molar-refractivity contribution in [3.63, 3.8) is 0 Å². The van der Waals surface area contributed by atoms with Gasteiger partial charge < -0.3 is 9.80 Å². The maximum absolute atomic E-state index is 11.9. The molecule has 2 fully saturated rings. The van der Waals surface area contributed by atoms with Crippen LogP contribution in [-0.2, 0) is 18.6 Å². The molecule has 2 saturated heterocycles. The number of piperidine rings is 1. The van der Waals surface area contributed by atoms with E-state index < -0.39 is 14.3 Å². The monoisotopic (exact) mass is 308 g/mol. The highest BCUT2D eigenvalue weighted by Crippen LogP contribution is 2.27. The predicted molar refractivity (Wildman–Crippen MR) is 70.2 cm³/mol. The molecule has 2 aliphatic rings. The van der Waals surface area contributed by atoms with Crippen LogP contribution in [0.15, 0.2) is 0 Å². The van der Waals surface area contributed by atoms with Crippen molar-refractivity contribution in [3.05, 3.63) is 0 Å². The molecule has 2 heterocycles. The molecular formula is C11H17ClN2O4S. The lowest BCUT2D eigenvalue weighted by molar-refractivity contribution is -0.133. The topological polar surface area (TPSA) is 74.8 Å². The van der Waals surface area contributed by atoms with Crippen LogP contribution in [0.5, 0.6) is 0 Å². The van der Waals surface area contributed by atoms with Crippen molar-refractivity contribution in [2.45, 2.75) is 37.5 Å². The molecular weight excluding hydrogens is 292 g/mol. The van der Waals surface area contributed by atoms with Gasteiger partial charge in [-0.15, -0.1) is 0 Å². The second-order valence-electron chi connectivity index (χ2n) is 5.09. The summed E-state index contributed by atoms with van der Waals surface area (Å²) in [6.45, 7) is 2.93. The molecule has 0 spiro atoms. The number of nitrogens with zero attached hydrogens (tertiary/aromatic N) is 2. The summed E-state index contributed by atoms with van der Waals surface area (Å²) >= 11 is 0. The number of hydrogen-bond donors (Lipinski definition) is 0. The fraction of sp³-hybridized carbons (Fsp3) is 0.818. The first-order valence-electron chi connectivity index (χ1n) is 6.27. The van der Waals surface area contributed by atoms with Crippen LogP contribution in [0.4, 0.5) is 0 Å². The van der Waals surface area contributed by atoms with Crippen molar-refractivity contribution in [2.75, 3.05) is 19.6 Å². The Morgan fingerprint density at radius 2 is 1.89 bits per heavy atom. The number of carbonyl (C=O) groups is 2. The summed E-state index contributed by atoms with van der Waals surface area (Å²) in [6, 6.07) is 0.0199. The minimum absolute atomic E-state index is 0.0199. The number of hydrogen-bond acceptors (Lipinski definition) is 4. The lowest BCUT2D eigenvalue weighted by atomic mass is 10.0. The van der Waals surface area contributed by atoms with Gasteiger partial charge in [-0.2, -0.15) is 0 Å². The molecule has 1 unspecified atom stereocenters. The average Bonchev–Trinajstić information content (AvgIpc) is 2.71. The summed E-state index contributed by atoms with van der Waals surface area (Å²) in [7, 11) is 1.63. The van der Waals surface area contributed by atoms with Crippen molar-refractivity contribution in [3.8, 4) is 0 Å². The highest BCUT2D eigenvalue weighted by Gasteiger charge is 2.41. The molecule has 0 aromatic heterocycles. The summed E-state index contributed by atoms with van der Waals surface area (Å²) < 4.78 is 22.6. The Hall–Kier alpha value is -0.820. The van der Waals surface area contributed by atoms with Gasteiger partial charge in [0.15, 0.2) is 0 Å². The molecule has 2 amide bonds. The van der Waals surface area contributed by atoms with Crippen LogP contribution >= 0.6 is 10.7 Å². The lowest BCUT2D eigenvalue weighted by Crippen LogP contribution is -2.47. The van der Waals surface area contributed by atoms with Crippen LogP contribution in [0, 0.1) is 0 Å². The van der Waals surface area contributed by atoms with Gasteiger partial charge in [0, 0.05) is 49.7 Å². The molecule has 0 N–H and O–H groups in total. The van der Waals surface area contributed by atoms with E-state index in [0.717, 1.165) is 0 Å². The van der Waals surface area contributed by atoms with Gasteiger partial charge in [-0.1, -0.05) is 0 Å². The van der Waals surface area contributed by atoms with Crippen LogP contribution in [0.3, 0.4) is 0 Å². The van der Waals surface area contributed by atoms with Crippen LogP contribution in [0.25, 0.3) is 0 Å². The van der Waals surface area contributed by atoms with Gasteiger partial charge in [0.25, 0.3) is 0 Å². The third kappa shape index (κ3) is 3.20. The van der Waals surface area contributed by atoms with Crippen molar-refractivity contribution in [1.82, 2.24) is 9.80 Å². The molecule has 2 aliphatic heterocycles. The van der Waals surface area contributed by atoms with E-state index in [1.165, 1.54) is 6.92 Å². The summed E-state index contributed by atoms with van der Waals surface area (Å²) in [6.07, 6.45) is 1.36. The molecule has 0 aliphatic carbocycles. The normalized spacial score (nSPS) is 26.0. The van der Waals surface area contributed by atoms with Crippen LogP contribution in [-0.4, -0.2) is 61.0 Å². The summed E-state index contributed by atoms with van der Waals surface area (Å²) in [5.74, 6) is -0.122. The van der Waals surface area contributed by atoms with E-state index in [-0.39, 0.29) is 30.8 Å². The molecule has 2 rings (SSSR count). The van der Waals surface area contributed by atoms with Crippen LogP contribution in [0.1, 0.15) is 26.2 Å². The zero-order valence-electron chi connectivity index (χ0n) is 10.7. The quantitative estimate of drug-likeness (QED) is 0.681. The van der Waals surface area contributed by atoms with E-state index in [4.69, 9.17) is 10.7 Å². The number of halogens is 1. The first kappa shape index (κ1) is 14.6. The molecule has 0 aromatic rings. The maximum atomic E-state index is 11.9. The summed E-state index contributed by atoms with van der Waals surface area (Å²) in [5, 5.41) is -0.799. The lowest BCUT2D eigenvalue weighted by Gasteiger charge is -2.36. The average molecular weight is 309 g/mol. The first-order valence-corrected chi connectivity index (χ1v) is 8.64. The van der Waals surface area contributed by atoms with Gasteiger partial charge in [-0.25, -0.2) is 8.42 Å². The van der Waals surface area contributed by atoms with Crippen molar-refractivity contribution < 1.29 is 18.0 Å². The number of carbonyl (C=O) groups excluding carboxylic acids is 2. The highest BCUT2D eigenvalue weighted by atomic mass is 35.7. The standard InChI is InChI=1S/C11H17ClN2O4S/c1-8(15)13-4-2-9(3-5-13)14-7-10(6-11(14)16)19(12,17)18/h9-10H,2-7H2,1H3. The minimum Gasteiger partial charge on any atom is -0.343 e. The molecule has 8 heteroatoms. The molecule has 0 saturated carbocycles. The Balaban J connectivity index is 1.97. The van der Waals surface area contributed by atoms with Crippen molar-refractivity contribution in [1.29, 1.82) is 0 Å². The first-order chi connectivity index (χ1) is 8.79. The number of rotatable bonds is 2. The second-order valence-corrected chi connectivity index (χ2v) is 7.99. The number of likely N-dealkylation sites (tertiary alicyclic amines) is 2. The Morgan fingerprint density at radius 1 is 1.32 bits per heavy atom. The van der Waals surface area contributed by atoms with E-state index in [0.29, 0.717) is 25.9 Å². The van der Waals surface area contributed by atoms with Gasteiger partial charge in [-0.3, -0.25) is 9.59 Å². The molecule has 1 atom stereocenters. The van der Waals surface area contributed by atoms with E-state index in [1.54, 1.807) is 9.80 Å². The largest absolute Gasteiger partial charge is 0.343 e.